The van der Waals surface area contributed by atoms with E-state index in [9.17, 15) is 14.4 Å². The number of carbonyl (C=O) groups excluding carboxylic acids is 3. The van der Waals surface area contributed by atoms with Crippen LogP contribution >= 0.6 is 0 Å². The van der Waals surface area contributed by atoms with E-state index in [0.717, 1.165) is 18.4 Å². The summed E-state index contributed by atoms with van der Waals surface area (Å²) < 4.78 is 6.04. The van der Waals surface area contributed by atoms with Crippen LogP contribution in [0, 0.1) is 5.92 Å². The number of hydrogen-bond acceptors (Lipinski definition) is 4. The van der Waals surface area contributed by atoms with Gasteiger partial charge < -0.3 is 19.9 Å². The molecule has 4 amide bonds. The van der Waals surface area contributed by atoms with Crippen LogP contribution in [-0.4, -0.2) is 64.8 Å². The summed E-state index contributed by atoms with van der Waals surface area (Å²) in [6.07, 6.45) is 2.27. The monoisotopic (exact) mass is 546 g/mol. The van der Waals surface area contributed by atoms with Crippen LogP contribution in [0.5, 0.6) is 11.5 Å². The second-order valence-corrected chi connectivity index (χ2v) is 10.9. The number of likely N-dealkylation sites (N-methyl/N-ethyl adjacent to an activating group) is 1. The maximum Gasteiger partial charge on any atom is 0.322 e. The second kappa shape index (κ2) is 13.0. The smallest absolute Gasteiger partial charge is 0.322 e. The number of nitrogens with zero attached hydrogens (tertiary/aromatic N) is 3. The molecule has 0 aliphatic carbocycles. The summed E-state index contributed by atoms with van der Waals surface area (Å²) >= 11 is 0. The maximum absolute atomic E-state index is 14.2. The first-order valence-electron chi connectivity index (χ1n) is 14.5. The predicted molar refractivity (Wildman–Crippen MR) is 156 cm³/mol. The van der Waals surface area contributed by atoms with Gasteiger partial charge in [-0.1, -0.05) is 58.0 Å². The van der Waals surface area contributed by atoms with Crippen molar-refractivity contribution in [1.82, 2.24) is 20.0 Å². The first-order chi connectivity index (χ1) is 19.3. The van der Waals surface area contributed by atoms with Crippen LogP contribution in [0.25, 0.3) is 0 Å². The first-order valence-corrected chi connectivity index (χ1v) is 14.5. The van der Waals surface area contributed by atoms with Crippen LogP contribution in [0.3, 0.4) is 0 Å². The summed E-state index contributed by atoms with van der Waals surface area (Å²) in [5.74, 6) is 1.32. The van der Waals surface area contributed by atoms with Crippen molar-refractivity contribution in [3.05, 3.63) is 71.4 Å². The van der Waals surface area contributed by atoms with Crippen LogP contribution in [-0.2, 0) is 9.59 Å². The molecule has 2 atom stereocenters. The van der Waals surface area contributed by atoms with Crippen LogP contribution < -0.4 is 10.1 Å². The molecule has 40 heavy (non-hydrogen) atoms. The molecule has 2 aliphatic heterocycles. The molecule has 0 spiro atoms. The van der Waals surface area contributed by atoms with E-state index in [1.807, 2.05) is 66.4 Å². The lowest BCUT2D eigenvalue weighted by Crippen LogP contribution is -2.51. The van der Waals surface area contributed by atoms with Gasteiger partial charge in [0.1, 0.15) is 17.5 Å². The van der Waals surface area contributed by atoms with Crippen molar-refractivity contribution >= 4 is 17.8 Å². The molecule has 0 bridgehead atoms. The Bertz CT molecular complexity index is 1240. The quantitative estimate of drug-likeness (QED) is 0.369. The van der Waals surface area contributed by atoms with Crippen molar-refractivity contribution < 1.29 is 19.1 Å². The van der Waals surface area contributed by atoms with Gasteiger partial charge in [-0.2, -0.15) is 0 Å². The number of carbonyl (C=O) groups is 3. The van der Waals surface area contributed by atoms with Crippen LogP contribution in [0.1, 0.15) is 65.5 Å². The molecule has 0 saturated heterocycles. The highest BCUT2D eigenvalue weighted by Crippen LogP contribution is 2.39. The van der Waals surface area contributed by atoms with Crippen molar-refractivity contribution in [3.63, 3.8) is 0 Å². The molecule has 1 N–H and O–H groups in total. The number of rotatable bonds is 12. The zero-order valence-electron chi connectivity index (χ0n) is 24.4. The largest absolute Gasteiger partial charge is 0.457 e. The number of benzene rings is 2. The summed E-state index contributed by atoms with van der Waals surface area (Å²) in [6.45, 7) is 12.1. The second-order valence-electron chi connectivity index (χ2n) is 10.9. The third kappa shape index (κ3) is 6.16. The van der Waals surface area contributed by atoms with Gasteiger partial charge in [0.2, 0.25) is 5.91 Å². The lowest BCUT2D eigenvalue weighted by atomic mass is 9.95. The Morgan fingerprint density at radius 3 is 2.30 bits per heavy atom. The van der Waals surface area contributed by atoms with E-state index in [0.29, 0.717) is 48.8 Å². The molecule has 2 aromatic carbocycles. The van der Waals surface area contributed by atoms with E-state index in [2.05, 4.69) is 33.0 Å². The molecule has 0 saturated carbocycles. The SMILES string of the molecule is CCCN(CCC)C(=O)[C@@H](CC(C)C)N1CC2=C(C1=O)[C@@H](c1cccc(Oc3ccccc3)c1)NC(=O)N2CC. The minimum atomic E-state index is -0.640. The van der Waals surface area contributed by atoms with E-state index < -0.39 is 12.1 Å². The zero-order valence-corrected chi connectivity index (χ0v) is 24.4. The molecule has 0 aromatic heterocycles. The Labute approximate surface area is 238 Å². The van der Waals surface area contributed by atoms with Crippen LogP contribution in [0.4, 0.5) is 4.79 Å². The summed E-state index contributed by atoms with van der Waals surface area (Å²) in [5, 5.41) is 3.05. The number of urea groups is 1. The highest BCUT2D eigenvalue weighted by atomic mass is 16.5. The number of para-hydroxylation sites is 1. The molecule has 0 unspecified atom stereocenters. The topological polar surface area (TPSA) is 82.2 Å². The van der Waals surface area contributed by atoms with Gasteiger partial charge in [-0.05, 0) is 61.9 Å². The van der Waals surface area contributed by atoms with Crippen molar-refractivity contribution in [2.75, 3.05) is 26.2 Å². The van der Waals surface area contributed by atoms with Gasteiger partial charge >= 0.3 is 6.03 Å². The number of ether oxygens (including phenoxy) is 1. The third-order valence-corrected chi connectivity index (χ3v) is 7.39. The molecular formula is C32H42N4O4. The van der Waals surface area contributed by atoms with Crippen molar-refractivity contribution in [3.8, 4) is 11.5 Å². The molecule has 214 valence electrons. The average Bonchev–Trinajstić information content (AvgIpc) is 3.28. The average molecular weight is 547 g/mol. The van der Waals surface area contributed by atoms with Crippen molar-refractivity contribution in [2.45, 2.75) is 66.0 Å². The summed E-state index contributed by atoms with van der Waals surface area (Å²) in [4.78, 5) is 46.6. The maximum atomic E-state index is 14.2. The normalized spacial score (nSPS) is 17.7. The highest BCUT2D eigenvalue weighted by molar-refractivity contribution is 6.03. The van der Waals surface area contributed by atoms with Gasteiger partial charge in [-0.25, -0.2) is 4.79 Å². The van der Waals surface area contributed by atoms with E-state index in [1.165, 1.54) is 0 Å². The molecule has 0 radical (unpaired) electrons. The Kier molecular flexibility index (Phi) is 9.50. The van der Waals surface area contributed by atoms with Crippen LogP contribution in [0.2, 0.25) is 0 Å². The molecule has 0 fully saturated rings. The fraction of sp³-hybridized carbons (Fsp3) is 0.469. The summed E-state index contributed by atoms with van der Waals surface area (Å²) in [6, 6.07) is 15.5. The lowest BCUT2D eigenvalue weighted by Gasteiger charge is -2.34. The number of nitrogens with one attached hydrogen (secondary N) is 1. The van der Waals surface area contributed by atoms with Crippen molar-refractivity contribution in [2.24, 2.45) is 5.92 Å². The Hall–Kier alpha value is -3.81. The Morgan fingerprint density at radius 1 is 1.00 bits per heavy atom. The fourth-order valence-electron chi connectivity index (χ4n) is 5.62. The van der Waals surface area contributed by atoms with E-state index >= 15 is 0 Å². The Balaban J connectivity index is 1.69. The van der Waals surface area contributed by atoms with E-state index in [1.54, 1.807) is 9.80 Å². The minimum absolute atomic E-state index is 0.0114. The van der Waals surface area contributed by atoms with Gasteiger partial charge in [0.25, 0.3) is 5.91 Å². The lowest BCUT2D eigenvalue weighted by molar-refractivity contribution is -0.143. The van der Waals surface area contributed by atoms with Gasteiger partial charge in [0.15, 0.2) is 0 Å². The summed E-state index contributed by atoms with van der Waals surface area (Å²) in [5.41, 5.74) is 1.96. The first kappa shape index (κ1) is 29.2. The minimum Gasteiger partial charge on any atom is -0.457 e. The van der Waals surface area contributed by atoms with Crippen LogP contribution in [0.15, 0.2) is 65.9 Å². The fourth-order valence-corrected chi connectivity index (χ4v) is 5.62. The van der Waals surface area contributed by atoms with Crippen molar-refractivity contribution in [1.29, 1.82) is 0 Å². The zero-order chi connectivity index (χ0) is 28.8. The van der Waals surface area contributed by atoms with E-state index in [4.69, 9.17) is 4.74 Å². The Morgan fingerprint density at radius 2 is 1.68 bits per heavy atom. The molecule has 8 nitrogen and oxygen atoms in total. The molecular weight excluding hydrogens is 504 g/mol. The summed E-state index contributed by atoms with van der Waals surface area (Å²) in [7, 11) is 0. The molecule has 2 aromatic rings. The number of hydrogen-bond donors (Lipinski definition) is 1. The third-order valence-electron chi connectivity index (χ3n) is 7.39. The van der Waals surface area contributed by atoms with Gasteiger partial charge in [-0.3, -0.25) is 14.5 Å². The molecule has 4 rings (SSSR count). The molecule has 8 heteroatoms. The predicted octanol–water partition coefficient (Wildman–Crippen LogP) is 5.72. The molecule has 2 aliphatic rings. The van der Waals surface area contributed by atoms with Gasteiger partial charge in [0.05, 0.1) is 23.9 Å². The number of amides is 4. The van der Waals surface area contributed by atoms with Gasteiger partial charge in [0, 0.05) is 19.6 Å². The van der Waals surface area contributed by atoms with Gasteiger partial charge in [-0.15, -0.1) is 0 Å². The highest BCUT2D eigenvalue weighted by Gasteiger charge is 2.47. The molecule has 2 heterocycles. The standard InChI is InChI=1S/C32H42N4O4/c1-6-17-34(18-7-2)30(37)26(19-22(4)5)36-21-27-28(31(36)38)29(33-32(39)35(27)8-3)23-13-12-16-25(20-23)40-24-14-10-9-11-15-24/h9-16,20,22,26,29H,6-8,17-19,21H2,1-5H3,(H,33,39)/t26-,29-/m1/s1. The van der Waals surface area contributed by atoms with E-state index in [-0.39, 0.29) is 30.3 Å².